The van der Waals surface area contributed by atoms with Crippen molar-refractivity contribution in [2.24, 2.45) is 0 Å². The van der Waals surface area contributed by atoms with E-state index < -0.39 is 10.0 Å². The van der Waals surface area contributed by atoms with Crippen molar-refractivity contribution in [2.75, 3.05) is 26.2 Å². The maximum absolute atomic E-state index is 13.1. The summed E-state index contributed by atoms with van der Waals surface area (Å²) in [7, 11) is -3.52. The number of amides is 1. The standard InChI is InChI=1S/C23H22N2O3S2/c26-23(22-21(11-17-29-22)20-9-5-2-6-10-20)24-13-15-25(16-14-24)30(27,28)18-12-19-7-3-1-4-8-19/h1-12,17-18H,13-16H2/b18-12+. The Labute approximate surface area is 180 Å². The maximum atomic E-state index is 13.1. The zero-order valence-electron chi connectivity index (χ0n) is 16.3. The van der Waals surface area contributed by atoms with Gasteiger partial charge in [-0.1, -0.05) is 60.7 Å². The van der Waals surface area contributed by atoms with Crippen molar-refractivity contribution in [3.05, 3.63) is 88.0 Å². The fourth-order valence-corrected chi connectivity index (χ4v) is 5.48. The van der Waals surface area contributed by atoms with Crippen molar-refractivity contribution >= 4 is 33.3 Å². The summed E-state index contributed by atoms with van der Waals surface area (Å²) >= 11 is 1.42. The number of benzene rings is 2. The van der Waals surface area contributed by atoms with Crippen molar-refractivity contribution in [2.45, 2.75) is 0 Å². The highest BCUT2D eigenvalue weighted by Crippen LogP contribution is 2.29. The first kappa shape index (κ1) is 20.5. The fraction of sp³-hybridized carbons (Fsp3) is 0.174. The van der Waals surface area contributed by atoms with Crippen LogP contribution < -0.4 is 0 Å². The van der Waals surface area contributed by atoms with Crippen molar-refractivity contribution in [3.8, 4) is 11.1 Å². The van der Waals surface area contributed by atoms with Gasteiger partial charge in [0.2, 0.25) is 10.0 Å². The molecule has 0 unspecified atom stereocenters. The van der Waals surface area contributed by atoms with Crippen LogP contribution in [0.3, 0.4) is 0 Å². The molecule has 0 radical (unpaired) electrons. The summed E-state index contributed by atoms with van der Waals surface area (Å²) in [5.74, 6) is -0.0410. The molecule has 30 heavy (non-hydrogen) atoms. The van der Waals surface area contributed by atoms with Gasteiger partial charge < -0.3 is 4.90 Å². The largest absolute Gasteiger partial charge is 0.335 e. The molecule has 4 rings (SSSR count). The van der Waals surface area contributed by atoms with Gasteiger partial charge in [0, 0.05) is 37.2 Å². The van der Waals surface area contributed by atoms with Gasteiger partial charge in [-0.15, -0.1) is 11.3 Å². The summed E-state index contributed by atoms with van der Waals surface area (Å²) in [5.41, 5.74) is 2.77. The molecule has 0 aliphatic carbocycles. The van der Waals surface area contributed by atoms with E-state index in [-0.39, 0.29) is 5.91 Å². The molecular weight excluding hydrogens is 416 g/mol. The lowest BCUT2D eigenvalue weighted by molar-refractivity contribution is 0.0704. The molecule has 1 amide bonds. The molecule has 1 aliphatic rings. The highest BCUT2D eigenvalue weighted by atomic mass is 32.2. The predicted molar refractivity (Wildman–Crippen MR) is 122 cm³/mol. The van der Waals surface area contributed by atoms with Crippen LogP contribution in [-0.4, -0.2) is 49.7 Å². The van der Waals surface area contributed by atoms with E-state index in [1.54, 1.807) is 11.0 Å². The molecule has 0 atom stereocenters. The third-order valence-electron chi connectivity index (χ3n) is 5.06. The van der Waals surface area contributed by atoms with Crippen LogP contribution in [0.25, 0.3) is 17.2 Å². The third-order valence-corrected chi connectivity index (χ3v) is 7.53. The monoisotopic (exact) mass is 438 g/mol. The van der Waals surface area contributed by atoms with Crippen LogP contribution in [-0.2, 0) is 10.0 Å². The summed E-state index contributed by atoms with van der Waals surface area (Å²) in [6.07, 6.45) is 1.60. The van der Waals surface area contributed by atoms with Gasteiger partial charge in [-0.2, -0.15) is 4.31 Å². The lowest BCUT2D eigenvalue weighted by atomic mass is 10.1. The van der Waals surface area contributed by atoms with Crippen LogP contribution in [0.2, 0.25) is 0 Å². The summed E-state index contributed by atoms with van der Waals surface area (Å²) in [4.78, 5) is 15.5. The Kier molecular flexibility index (Phi) is 6.13. The zero-order chi connectivity index (χ0) is 21.0. The molecule has 5 nitrogen and oxygen atoms in total. The molecule has 3 aromatic rings. The Bertz CT molecular complexity index is 1130. The smallest absolute Gasteiger partial charge is 0.264 e. The summed E-state index contributed by atoms with van der Waals surface area (Å²) in [6, 6.07) is 21.1. The summed E-state index contributed by atoms with van der Waals surface area (Å²) in [5, 5.41) is 3.16. The van der Waals surface area contributed by atoms with Gasteiger partial charge in [-0.05, 0) is 28.6 Å². The van der Waals surface area contributed by atoms with Crippen molar-refractivity contribution in [1.29, 1.82) is 0 Å². The third kappa shape index (κ3) is 4.53. The molecule has 0 N–H and O–H groups in total. The average molecular weight is 439 g/mol. The topological polar surface area (TPSA) is 57.7 Å². The van der Waals surface area contributed by atoms with Gasteiger partial charge >= 0.3 is 0 Å². The SMILES string of the molecule is O=C(c1sccc1-c1ccccc1)N1CCN(S(=O)(=O)/C=C/c2ccccc2)CC1. The molecule has 1 aromatic heterocycles. The Hall–Kier alpha value is -2.74. The Morgan fingerprint density at radius 2 is 1.50 bits per heavy atom. The van der Waals surface area contributed by atoms with E-state index in [2.05, 4.69) is 0 Å². The number of carbonyl (C=O) groups excluding carboxylic acids is 1. The first-order valence-corrected chi connectivity index (χ1v) is 12.1. The number of rotatable bonds is 5. The van der Waals surface area contributed by atoms with Crippen molar-refractivity contribution in [3.63, 3.8) is 0 Å². The maximum Gasteiger partial charge on any atom is 0.264 e. The Balaban J connectivity index is 1.42. The lowest BCUT2D eigenvalue weighted by Gasteiger charge is -2.33. The fourth-order valence-electron chi connectivity index (χ4n) is 3.42. The number of sulfonamides is 1. The number of hydrogen-bond acceptors (Lipinski definition) is 4. The molecule has 1 fully saturated rings. The van der Waals surface area contributed by atoms with E-state index >= 15 is 0 Å². The van der Waals surface area contributed by atoms with Gasteiger partial charge in [0.05, 0.1) is 4.88 Å². The second-order valence-corrected chi connectivity index (χ2v) is 9.71. The molecule has 1 saturated heterocycles. The van der Waals surface area contributed by atoms with Crippen LogP contribution in [0.15, 0.2) is 77.5 Å². The summed E-state index contributed by atoms with van der Waals surface area (Å²) in [6.45, 7) is 1.34. The van der Waals surface area contributed by atoms with Gasteiger partial charge in [0.15, 0.2) is 0 Å². The van der Waals surface area contributed by atoms with Crippen LogP contribution >= 0.6 is 11.3 Å². The number of piperazine rings is 1. The van der Waals surface area contributed by atoms with Gasteiger partial charge in [0.1, 0.15) is 0 Å². The first-order valence-electron chi connectivity index (χ1n) is 9.70. The van der Waals surface area contributed by atoms with Crippen molar-refractivity contribution < 1.29 is 13.2 Å². The molecule has 154 valence electrons. The molecule has 0 bridgehead atoms. The molecule has 7 heteroatoms. The normalized spacial score (nSPS) is 15.5. The minimum Gasteiger partial charge on any atom is -0.335 e. The number of hydrogen-bond donors (Lipinski definition) is 0. The Morgan fingerprint density at radius 1 is 0.867 bits per heavy atom. The molecule has 2 heterocycles. The van der Waals surface area contributed by atoms with Crippen molar-refractivity contribution in [1.82, 2.24) is 9.21 Å². The van der Waals surface area contributed by atoms with E-state index in [1.165, 1.54) is 21.1 Å². The van der Waals surface area contributed by atoms with E-state index in [4.69, 9.17) is 0 Å². The van der Waals surface area contributed by atoms with Gasteiger partial charge in [-0.3, -0.25) is 4.79 Å². The second kappa shape index (κ2) is 8.95. The predicted octanol–water partition coefficient (Wildman–Crippen LogP) is 4.17. The van der Waals surface area contributed by atoms with Crippen LogP contribution in [0.4, 0.5) is 0 Å². The summed E-state index contributed by atoms with van der Waals surface area (Å²) < 4.78 is 26.7. The number of nitrogens with zero attached hydrogens (tertiary/aromatic N) is 2. The van der Waals surface area contributed by atoms with E-state index in [0.29, 0.717) is 31.1 Å². The zero-order valence-corrected chi connectivity index (χ0v) is 18.0. The minimum absolute atomic E-state index is 0.0410. The molecule has 0 saturated carbocycles. The quantitative estimate of drug-likeness (QED) is 0.601. The average Bonchev–Trinajstić information content (AvgIpc) is 3.29. The van der Waals surface area contributed by atoms with Gasteiger partial charge in [0.25, 0.3) is 5.91 Å². The molecule has 1 aliphatic heterocycles. The number of thiophene rings is 1. The van der Waals surface area contributed by atoms with E-state index in [1.807, 2.05) is 72.1 Å². The molecule has 2 aromatic carbocycles. The van der Waals surface area contributed by atoms with Crippen LogP contribution in [0.1, 0.15) is 15.2 Å². The number of carbonyl (C=O) groups is 1. The van der Waals surface area contributed by atoms with E-state index in [9.17, 15) is 13.2 Å². The first-order chi connectivity index (χ1) is 14.5. The van der Waals surface area contributed by atoms with Gasteiger partial charge in [-0.25, -0.2) is 8.42 Å². The second-order valence-electron chi connectivity index (χ2n) is 6.98. The minimum atomic E-state index is -3.52. The molecular formula is C23H22N2O3S2. The lowest BCUT2D eigenvalue weighted by Crippen LogP contribution is -2.50. The highest BCUT2D eigenvalue weighted by molar-refractivity contribution is 7.92. The van der Waals surface area contributed by atoms with Crippen LogP contribution in [0, 0.1) is 0 Å². The highest BCUT2D eigenvalue weighted by Gasteiger charge is 2.29. The van der Waals surface area contributed by atoms with E-state index in [0.717, 1.165) is 16.7 Å². The molecule has 0 spiro atoms. The Morgan fingerprint density at radius 3 is 2.17 bits per heavy atom. The van der Waals surface area contributed by atoms with Crippen LogP contribution in [0.5, 0.6) is 0 Å².